The maximum atomic E-state index is 13.9. The minimum atomic E-state index is -2.76. The lowest BCUT2D eigenvalue weighted by atomic mass is 9.88. The number of carboxylic acid groups (broad SMARTS) is 1. The molecule has 2 aromatic heterocycles. The number of hydrogen-bond donors (Lipinski definition) is 2. The predicted octanol–water partition coefficient (Wildman–Crippen LogP) is 5.98. The second kappa shape index (κ2) is 9.96. The number of alkyl halides is 2. The Morgan fingerprint density at radius 3 is 2.46 bits per heavy atom. The molecule has 1 aromatic carbocycles. The van der Waals surface area contributed by atoms with Gasteiger partial charge in [0.15, 0.2) is 11.0 Å². The summed E-state index contributed by atoms with van der Waals surface area (Å²) in [6.07, 6.45) is 1.18. The molecule has 0 bridgehead atoms. The first kappa shape index (κ1) is 25.2. The fraction of sp³-hybridized carbons (Fsp3) is 0.500. The van der Waals surface area contributed by atoms with Crippen molar-refractivity contribution in [1.82, 2.24) is 24.4 Å². The standard InChI is InChI=1S/C24H30F2N6O2S/c1-24(2,3)32(23(33)34)15-11-9-14(10-12-15)27-18-13-19(30-22(29-18)35-4)31-17-8-6-5-7-16(17)28-21(31)20(25)26/h5-8,13-15,20H,9-12H2,1-4H3,(H,33,34)(H,27,29,30). The maximum Gasteiger partial charge on any atom is 0.407 e. The minimum Gasteiger partial charge on any atom is -0.465 e. The van der Waals surface area contributed by atoms with Crippen LogP contribution in [0.5, 0.6) is 0 Å². The number of carbonyl (C=O) groups is 1. The first-order valence-electron chi connectivity index (χ1n) is 11.6. The van der Waals surface area contributed by atoms with Crippen molar-refractivity contribution in [2.45, 2.75) is 75.7 Å². The van der Waals surface area contributed by atoms with Crippen LogP contribution in [0.1, 0.15) is 58.7 Å². The van der Waals surface area contributed by atoms with Crippen molar-refractivity contribution < 1.29 is 18.7 Å². The highest BCUT2D eigenvalue weighted by molar-refractivity contribution is 7.98. The number of rotatable bonds is 6. The number of aromatic nitrogens is 4. The molecule has 0 saturated heterocycles. The van der Waals surface area contributed by atoms with Gasteiger partial charge in [-0.15, -0.1) is 0 Å². The summed E-state index contributed by atoms with van der Waals surface area (Å²) in [5.74, 6) is 0.514. The molecule has 8 nitrogen and oxygen atoms in total. The van der Waals surface area contributed by atoms with Crippen LogP contribution in [0.15, 0.2) is 35.5 Å². The molecule has 2 N–H and O–H groups in total. The number of halogens is 2. The van der Waals surface area contributed by atoms with E-state index in [1.807, 2.05) is 27.0 Å². The summed E-state index contributed by atoms with van der Waals surface area (Å²) in [6, 6.07) is 8.70. The second-order valence-corrected chi connectivity index (χ2v) is 10.4. The Morgan fingerprint density at radius 1 is 1.17 bits per heavy atom. The van der Waals surface area contributed by atoms with Crippen molar-refractivity contribution >= 4 is 34.7 Å². The Bertz CT molecular complexity index is 1200. The molecule has 0 aliphatic heterocycles. The molecule has 1 aliphatic rings. The van der Waals surface area contributed by atoms with Gasteiger partial charge in [0, 0.05) is 23.7 Å². The molecule has 0 radical (unpaired) electrons. The van der Waals surface area contributed by atoms with Crippen molar-refractivity contribution in [2.24, 2.45) is 0 Å². The molecule has 1 saturated carbocycles. The average molecular weight is 505 g/mol. The van der Waals surface area contributed by atoms with Gasteiger partial charge in [-0.05, 0) is 64.8 Å². The largest absolute Gasteiger partial charge is 0.465 e. The van der Waals surface area contributed by atoms with Crippen LogP contribution in [0.2, 0.25) is 0 Å². The minimum absolute atomic E-state index is 0.0424. The fourth-order valence-corrected chi connectivity index (χ4v) is 5.18. The van der Waals surface area contributed by atoms with E-state index in [2.05, 4.69) is 20.3 Å². The number of benzene rings is 1. The SMILES string of the molecule is CSc1nc(NC2CCC(N(C(=O)O)C(C)(C)C)CC2)cc(-n2c(C(F)F)nc3ccccc32)n1. The van der Waals surface area contributed by atoms with Crippen molar-refractivity contribution in [3.8, 4) is 5.82 Å². The third-order valence-electron chi connectivity index (χ3n) is 6.23. The highest BCUT2D eigenvalue weighted by Gasteiger charge is 2.35. The van der Waals surface area contributed by atoms with E-state index in [1.165, 1.54) is 16.3 Å². The molecule has 0 spiro atoms. The smallest absolute Gasteiger partial charge is 0.407 e. The van der Waals surface area contributed by atoms with E-state index in [-0.39, 0.29) is 17.9 Å². The van der Waals surface area contributed by atoms with Gasteiger partial charge in [0.1, 0.15) is 11.6 Å². The molecule has 1 aliphatic carbocycles. The zero-order valence-corrected chi connectivity index (χ0v) is 21.0. The Hall–Kier alpha value is -2.95. The van der Waals surface area contributed by atoms with Gasteiger partial charge in [-0.1, -0.05) is 23.9 Å². The quantitative estimate of drug-likeness (QED) is 0.315. The van der Waals surface area contributed by atoms with Gasteiger partial charge < -0.3 is 15.3 Å². The number of amides is 1. The number of hydrogen-bond acceptors (Lipinski definition) is 6. The lowest BCUT2D eigenvalue weighted by molar-refractivity contribution is 0.0556. The number of nitrogens with one attached hydrogen (secondary N) is 1. The van der Waals surface area contributed by atoms with E-state index in [9.17, 15) is 18.7 Å². The Labute approximate surface area is 207 Å². The molecule has 1 amide bonds. The maximum absolute atomic E-state index is 13.9. The number of anilines is 1. The van der Waals surface area contributed by atoms with Crippen molar-refractivity contribution in [1.29, 1.82) is 0 Å². The van der Waals surface area contributed by atoms with Crippen LogP contribution in [0.25, 0.3) is 16.9 Å². The topological polar surface area (TPSA) is 96.2 Å². The van der Waals surface area contributed by atoms with E-state index in [4.69, 9.17) is 0 Å². The van der Waals surface area contributed by atoms with Crippen molar-refractivity contribution in [2.75, 3.05) is 11.6 Å². The summed E-state index contributed by atoms with van der Waals surface area (Å²) in [5.41, 5.74) is 0.555. The van der Waals surface area contributed by atoms with Crippen molar-refractivity contribution in [3.05, 3.63) is 36.2 Å². The fourth-order valence-electron chi connectivity index (χ4n) is 4.80. The summed E-state index contributed by atoms with van der Waals surface area (Å²) in [7, 11) is 0. The van der Waals surface area contributed by atoms with Crippen LogP contribution >= 0.6 is 11.8 Å². The second-order valence-electron chi connectivity index (χ2n) is 9.67. The monoisotopic (exact) mass is 504 g/mol. The summed E-state index contributed by atoms with van der Waals surface area (Å²) in [4.78, 5) is 26.5. The van der Waals surface area contributed by atoms with E-state index >= 15 is 0 Å². The van der Waals surface area contributed by atoms with Crippen LogP contribution in [0.4, 0.5) is 19.4 Å². The van der Waals surface area contributed by atoms with Gasteiger partial charge in [0.25, 0.3) is 6.43 Å². The van der Waals surface area contributed by atoms with E-state index < -0.39 is 18.1 Å². The third-order valence-corrected chi connectivity index (χ3v) is 6.78. The predicted molar refractivity (Wildman–Crippen MR) is 133 cm³/mol. The van der Waals surface area contributed by atoms with E-state index in [0.717, 1.165) is 25.7 Å². The molecule has 35 heavy (non-hydrogen) atoms. The van der Waals surface area contributed by atoms with Crippen LogP contribution < -0.4 is 5.32 Å². The molecular formula is C24H30F2N6O2S. The summed E-state index contributed by atoms with van der Waals surface area (Å²) in [6.45, 7) is 5.72. The molecule has 0 unspecified atom stereocenters. The highest BCUT2D eigenvalue weighted by Crippen LogP contribution is 2.32. The normalized spacial score (nSPS) is 18.7. The molecule has 3 aromatic rings. The zero-order valence-electron chi connectivity index (χ0n) is 20.2. The van der Waals surface area contributed by atoms with Gasteiger partial charge in [-0.25, -0.2) is 28.5 Å². The Morgan fingerprint density at radius 2 is 1.86 bits per heavy atom. The van der Waals surface area contributed by atoms with Gasteiger partial charge >= 0.3 is 6.09 Å². The van der Waals surface area contributed by atoms with Gasteiger partial charge in [-0.3, -0.25) is 4.57 Å². The van der Waals surface area contributed by atoms with Crippen LogP contribution in [-0.4, -0.2) is 59.5 Å². The van der Waals surface area contributed by atoms with Crippen molar-refractivity contribution in [3.63, 3.8) is 0 Å². The number of para-hydroxylation sites is 2. The van der Waals surface area contributed by atoms with Gasteiger partial charge in [0.2, 0.25) is 0 Å². The number of fused-ring (bicyclic) bond motifs is 1. The molecule has 2 heterocycles. The Balaban J connectivity index is 1.59. The summed E-state index contributed by atoms with van der Waals surface area (Å²) < 4.78 is 29.1. The molecule has 0 atom stereocenters. The highest BCUT2D eigenvalue weighted by atomic mass is 32.2. The average Bonchev–Trinajstić information content (AvgIpc) is 3.19. The van der Waals surface area contributed by atoms with Crippen LogP contribution in [-0.2, 0) is 0 Å². The van der Waals surface area contributed by atoms with Gasteiger partial charge in [-0.2, -0.15) is 0 Å². The van der Waals surface area contributed by atoms with E-state index in [0.29, 0.717) is 27.8 Å². The number of thioether (sulfide) groups is 1. The number of nitrogens with zero attached hydrogens (tertiary/aromatic N) is 5. The molecule has 4 rings (SSSR count). The lowest BCUT2D eigenvalue weighted by Crippen LogP contribution is -2.52. The first-order valence-corrected chi connectivity index (χ1v) is 12.8. The van der Waals surface area contributed by atoms with Gasteiger partial charge in [0.05, 0.1) is 11.0 Å². The summed E-state index contributed by atoms with van der Waals surface area (Å²) in [5, 5.41) is 13.6. The molecule has 11 heteroatoms. The third kappa shape index (κ3) is 5.34. The number of imidazole rings is 1. The molecule has 188 valence electrons. The first-order chi connectivity index (χ1) is 16.6. The molecule has 1 fully saturated rings. The van der Waals surface area contributed by atoms with Crippen LogP contribution in [0, 0.1) is 0 Å². The van der Waals surface area contributed by atoms with E-state index in [1.54, 1.807) is 35.2 Å². The molecular weight excluding hydrogens is 474 g/mol. The van der Waals surface area contributed by atoms with Crippen LogP contribution in [0.3, 0.4) is 0 Å². The lowest BCUT2D eigenvalue weighted by Gasteiger charge is -2.42. The zero-order chi connectivity index (χ0) is 25.3. The summed E-state index contributed by atoms with van der Waals surface area (Å²) >= 11 is 1.33. The Kier molecular flexibility index (Phi) is 7.16.